The van der Waals surface area contributed by atoms with E-state index in [4.69, 9.17) is 9.97 Å². The van der Waals surface area contributed by atoms with Crippen LogP contribution < -0.4 is 21.3 Å². The number of nitrogens with zero attached hydrogens (tertiary/aromatic N) is 6. The van der Waals surface area contributed by atoms with Gasteiger partial charge < -0.3 is 31.2 Å². The summed E-state index contributed by atoms with van der Waals surface area (Å²) in [6, 6.07) is 15.1. The van der Waals surface area contributed by atoms with Gasteiger partial charge in [-0.25, -0.2) is 9.97 Å². The van der Waals surface area contributed by atoms with E-state index in [2.05, 4.69) is 60.5 Å². The average molecular weight is 1020 g/mol. The Morgan fingerprint density at radius 3 is 1.50 bits per heavy atom. The van der Waals surface area contributed by atoms with Crippen molar-refractivity contribution >= 4 is 45.7 Å². The number of halogens is 3. The molecule has 4 saturated carbocycles. The van der Waals surface area contributed by atoms with Crippen molar-refractivity contribution in [1.29, 1.82) is 0 Å². The summed E-state index contributed by atoms with van der Waals surface area (Å²) in [6.07, 6.45) is 10.1. The van der Waals surface area contributed by atoms with Crippen LogP contribution in [0.3, 0.4) is 0 Å². The molecular weight excluding hydrogens is 950 g/mol. The molecule has 6 fully saturated rings. The van der Waals surface area contributed by atoms with Gasteiger partial charge >= 0.3 is 6.18 Å². The molecule has 6 N–H and O–H groups in total. The van der Waals surface area contributed by atoms with Crippen LogP contribution >= 0.6 is 0 Å². The van der Waals surface area contributed by atoms with Gasteiger partial charge in [-0.3, -0.25) is 28.5 Å². The number of fused-ring (bicyclic) bond motifs is 2. The lowest BCUT2D eigenvalue weighted by molar-refractivity contribution is -0.183. The van der Waals surface area contributed by atoms with Gasteiger partial charge in [0.25, 0.3) is 11.8 Å². The predicted octanol–water partition coefficient (Wildman–Crippen LogP) is 8.30. The molecule has 6 atom stereocenters. The zero-order valence-electron chi connectivity index (χ0n) is 42.3. The number of carbonyl (C=O) groups is 4. The molecule has 12 rings (SSSR count). The van der Waals surface area contributed by atoms with E-state index in [1.165, 1.54) is 25.7 Å². The number of aromatic nitrogens is 8. The van der Waals surface area contributed by atoms with Crippen LogP contribution in [0.25, 0.3) is 22.1 Å². The molecule has 4 aliphatic carbocycles. The van der Waals surface area contributed by atoms with Crippen LogP contribution in [-0.4, -0.2) is 81.9 Å². The molecule has 0 spiro atoms. The van der Waals surface area contributed by atoms with Crippen molar-refractivity contribution in [2.24, 2.45) is 53.3 Å². The molecule has 392 valence electrons. The molecule has 6 unspecified atom stereocenters. The van der Waals surface area contributed by atoms with Crippen LogP contribution in [0.4, 0.5) is 13.2 Å². The second kappa shape index (κ2) is 20.3. The Bertz CT molecular complexity index is 3010. The van der Waals surface area contributed by atoms with E-state index in [-0.39, 0.29) is 73.0 Å². The van der Waals surface area contributed by atoms with Crippen molar-refractivity contribution in [2.45, 2.75) is 135 Å². The van der Waals surface area contributed by atoms with E-state index in [1.807, 2.05) is 38.1 Å². The highest BCUT2D eigenvalue weighted by atomic mass is 19.4. The Hall–Kier alpha value is -6.53. The van der Waals surface area contributed by atoms with Crippen molar-refractivity contribution in [3.05, 3.63) is 95.1 Å². The first-order valence-corrected chi connectivity index (χ1v) is 27.0. The molecule has 6 aromatic rings. The van der Waals surface area contributed by atoms with Crippen molar-refractivity contribution in [3.63, 3.8) is 0 Å². The second-order valence-corrected chi connectivity index (χ2v) is 22.1. The van der Waals surface area contributed by atoms with Crippen LogP contribution in [0.5, 0.6) is 0 Å². The quantitative estimate of drug-likeness (QED) is 0.0492. The molecule has 6 aliphatic rings. The van der Waals surface area contributed by atoms with Crippen LogP contribution in [0.2, 0.25) is 0 Å². The third-order valence-electron chi connectivity index (χ3n) is 16.5. The minimum absolute atomic E-state index is 0.0226. The number of hydrogen-bond acceptors (Lipinski definition) is 8. The van der Waals surface area contributed by atoms with Gasteiger partial charge in [0.05, 0.1) is 40.1 Å². The summed E-state index contributed by atoms with van der Waals surface area (Å²) in [4.78, 5) is 68.0. The molecule has 2 saturated heterocycles. The molecule has 2 aromatic carbocycles. The Labute approximate surface area is 427 Å². The molecule has 4 aromatic heterocycles. The number of amides is 4. The maximum absolute atomic E-state index is 13.3. The highest BCUT2D eigenvalue weighted by molar-refractivity contribution is 5.93. The lowest BCUT2D eigenvalue weighted by Crippen LogP contribution is -2.47. The lowest BCUT2D eigenvalue weighted by atomic mass is 9.85. The van der Waals surface area contributed by atoms with E-state index in [9.17, 15) is 32.3 Å². The summed E-state index contributed by atoms with van der Waals surface area (Å²) in [5, 5.41) is 20.6. The maximum Gasteiger partial charge on any atom is 0.393 e. The summed E-state index contributed by atoms with van der Waals surface area (Å²) in [7, 11) is 0. The first-order valence-electron chi connectivity index (χ1n) is 27.0. The first-order chi connectivity index (χ1) is 35.7. The van der Waals surface area contributed by atoms with E-state index in [0.717, 1.165) is 77.5 Å². The maximum atomic E-state index is 13.3. The molecule has 4 amide bonds. The molecular formula is C55H67F3N12O4. The summed E-state index contributed by atoms with van der Waals surface area (Å²) in [6.45, 7) is 6.86. The van der Waals surface area contributed by atoms with Crippen LogP contribution in [0.1, 0.15) is 141 Å². The van der Waals surface area contributed by atoms with Crippen LogP contribution in [0, 0.1) is 53.3 Å². The number of rotatable bonds is 18. The van der Waals surface area contributed by atoms with Crippen molar-refractivity contribution in [2.75, 3.05) is 6.54 Å². The van der Waals surface area contributed by atoms with Gasteiger partial charge in [0, 0.05) is 49.9 Å². The molecule has 19 heteroatoms. The van der Waals surface area contributed by atoms with Crippen molar-refractivity contribution in [3.8, 4) is 0 Å². The molecule has 6 heterocycles. The van der Waals surface area contributed by atoms with Gasteiger partial charge in [0.15, 0.2) is 0 Å². The third kappa shape index (κ3) is 10.8. The summed E-state index contributed by atoms with van der Waals surface area (Å²) in [5.41, 5.74) is 6.33. The standard InChI is InChI=1S/C28H33F3N6O2.C27H34N6O2/c1-2-37-22(9-10-33-37)27(39)36-24(23(16-4-5-16)17-6-7-17)25-34-20-8-3-15(12-21(20)35-25)11-18-13-19(28(29,30)31)14-32-26(18)38;1-3-33-22(10-11-28-33)27(35)32-24(23(17-5-6-17)18-7-8-18)25-30-20-9-4-16(14-21(20)31-25)13-19-12-15(2)29-26(19)34/h3,8-10,12,16-19,23-24H,2,4-7,11,13-14H2,1H3,(H,32,38)(H,34,35)(H,36,39);4,9-11,14-15,17-19,23-24H,3,5-8,12-13H2,1-2H3,(H,29,34)(H,30,31)(H,32,35). The van der Waals surface area contributed by atoms with Gasteiger partial charge in [-0.1, -0.05) is 12.1 Å². The molecule has 0 radical (unpaired) electrons. The highest BCUT2D eigenvalue weighted by Crippen LogP contribution is 2.55. The predicted molar refractivity (Wildman–Crippen MR) is 270 cm³/mol. The zero-order chi connectivity index (χ0) is 51.4. The lowest BCUT2D eigenvalue weighted by Gasteiger charge is -2.30. The van der Waals surface area contributed by atoms with Gasteiger partial charge in [-0.2, -0.15) is 23.4 Å². The van der Waals surface area contributed by atoms with Crippen molar-refractivity contribution in [1.82, 2.24) is 60.8 Å². The second-order valence-electron chi connectivity index (χ2n) is 22.1. The molecule has 0 bridgehead atoms. The van der Waals surface area contributed by atoms with Gasteiger partial charge in [-0.15, -0.1) is 0 Å². The zero-order valence-corrected chi connectivity index (χ0v) is 42.3. The fourth-order valence-electron chi connectivity index (χ4n) is 12.2. The van der Waals surface area contributed by atoms with E-state index in [1.54, 1.807) is 33.9 Å². The fourth-order valence-corrected chi connectivity index (χ4v) is 12.2. The number of benzene rings is 2. The number of piperidine rings is 1. The number of imidazole rings is 2. The Kier molecular flexibility index (Phi) is 13.6. The Balaban J connectivity index is 0.000000160. The monoisotopic (exact) mass is 1020 g/mol. The Morgan fingerprint density at radius 1 is 0.662 bits per heavy atom. The van der Waals surface area contributed by atoms with E-state index in [0.29, 0.717) is 59.9 Å². The van der Waals surface area contributed by atoms with E-state index >= 15 is 0 Å². The number of H-pyrrole nitrogens is 2. The number of aryl methyl sites for hydroxylation is 2. The SMILES string of the molecule is CCn1nccc1C(=O)NC(c1nc2ccc(CC3CC(C(F)(F)F)CNC3=O)cc2[nH]1)C(C1CC1)C1CC1.CCn1nccc1C(=O)NC(c1nc2ccc(CC3CC(C)NC3=O)cc2[nH]1)C(C1CC1)C1CC1. The van der Waals surface area contributed by atoms with Crippen LogP contribution in [0.15, 0.2) is 60.9 Å². The van der Waals surface area contributed by atoms with E-state index < -0.39 is 18.0 Å². The minimum Gasteiger partial charge on any atom is -0.355 e. The van der Waals surface area contributed by atoms with Crippen molar-refractivity contribution < 1.29 is 32.3 Å². The minimum atomic E-state index is -4.33. The average Bonchev–Trinajstić information content (AvgIpc) is 4.32. The number of alkyl halides is 3. The molecule has 16 nitrogen and oxygen atoms in total. The molecule has 74 heavy (non-hydrogen) atoms. The number of aromatic amines is 2. The summed E-state index contributed by atoms with van der Waals surface area (Å²) >= 11 is 0. The smallest absolute Gasteiger partial charge is 0.355 e. The number of nitrogens with one attached hydrogen (secondary N) is 6. The normalized spacial score (nSPS) is 22.9. The summed E-state index contributed by atoms with van der Waals surface area (Å²) in [5.74, 6) is 1.89. The fraction of sp³-hybridized carbons (Fsp3) is 0.564. The topological polar surface area (TPSA) is 209 Å². The third-order valence-corrected chi connectivity index (χ3v) is 16.5. The van der Waals surface area contributed by atoms with Gasteiger partial charge in [0.1, 0.15) is 23.0 Å². The first kappa shape index (κ1) is 49.7. The Morgan fingerprint density at radius 2 is 1.11 bits per heavy atom. The number of hydrogen-bond donors (Lipinski definition) is 6. The van der Waals surface area contributed by atoms with Crippen LogP contribution in [-0.2, 0) is 35.5 Å². The number of carbonyl (C=O) groups excluding carboxylic acids is 4. The van der Waals surface area contributed by atoms with Gasteiger partial charge in [-0.05, 0) is 181 Å². The largest absolute Gasteiger partial charge is 0.393 e. The summed E-state index contributed by atoms with van der Waals surface area (Å²) < 4.78 is 43.2. The molecule has 2 aliphatic heterocycles. The van der Waals surface area contributed by atoms with Gasteiger partial charge in [0.2, 0.25) is 11.8 Å². The highest BCUT2D eigenvalue weighted by Gasteiger charge is 2.49.